The predicted molar refractivity (Wildman–Crippen MR) is 56.8 cm³/mol. The summed E-state index contributed by atoms with van der Waals surface area (Å²) in [4.78, 5) is 11.6. The third kappa shape index (κ3) is 1.80. The van der Waals surface area contributed by atoms with Crippen molar-refractivity contribution in [2.45, 2.75) is 35.6 Å². The number of rotatable bonds is 0. The molecule has 2 rings (SSSR count). The molecular formula is C9H11IO4. The van der Waals surface area contributed by atoms with Crippen LogP contribution in [0.2, 0.25) is 0 Å². The highest BCUT2D eigenvalue weighted by Gasteiger charge is 2.36. The summed E-state index contributed by atoms with van der Waals surface area (Å²) in [5, 5.41) is 19.0. The summed E-state index contributed by atoms with van der Waals surface area (Å²) in [5.41, 5.74) is 0.378. The number of alkyl halides is 1. The number of aliphatic hydroxyl groups is 2. The zero-order valence-electron chi connectivity index (χ0n) is 7.44. The number of Topliss-reactive ketones (excluding diaryl/α,β-unsaturated/α-hetero) is 1. The van der Waals surface area contributed by atoms with Gasteiger partial charge < -0.3 is 14.9 Å². The van der Waals surface area contributed by atoms with Crippen molar-refractivity contribution in [1.29, 1.82) is 0 Å². The molecule has 1 unspecified atom stereocenters. The molecule has 0 spiro atoms. The lowest BCUT2D eigenvalue weighted by atomic mass is 9.88. The molecule has 14 heavy (non-hydrogen) atoms. The zero-order valence-corrected chi connectivity index (χ0v) is 9.60. The number of ketones is 1. The summed E-state index contributed by atoms with van der Waals surface area (Å²) in [6.07, 6.45) is -0.562. The van der Waals surface area contributed by atoms with E-state index in [0.717, 1.165) is 0 Å². The topological polar surface area (TPSA) is 66.8 Å². The molecular weight excluding hydrogens is 299 g/mol. The largest absolute Gasteiger partial charge is 0.483 e. The quantitative estimate of drug-likeness (QED) is 0.505. The minimum Gasteiger partial charge on any atom is -0.483 e. The molecule has 78 valence electrons. The molecule has 1 aliphatic carbocycles. The SMILES string of the molecule is O=C1C[C@@H](I)OC2=C1C(O)C[C@@H](O)C2. The summed E-state index contributed by atoms with van der Waals surface area (Å²) >= 11 is 2.03. The fourth-order valence-corrected chi connectivity index (χ4v) is 2.58. The van der Waals surface area contributed by atoms with Crippen LogP contribution in [0.1, 0.15) is 19.3 Å². The van der Waals surface area contributed by atoms with Crippen LogP contribution in [0.3, 0.4) is 0 Å². The fraction of sp³-hybridized carbons (Fsp3) is 0.667. The Balaban J connectivity index is 2.32. The van der Waals surface area contributed by atoms with Crippen LogP contribution >= 0.6 is 22.6 Å². The van der Waals surface area contributed by atoms with Gasteiger partial charge in [0.2, 0.25) is 0 Å². The number of aliphatic hydroxyl groups excluding tert-OH is 2. The summed E-state index contributed by atoms with van der Waals surface area (Å²) in [6.45, 7) is 0. The summed E-state index contributed by atoms with van der Waals surface area (Å²) in [5.74, 6) is 0.428. The standard InChI is InChI=1S/C9H11IO4/c10-8-3-6(13)9-5(12)1-4(11)2-7(9)14-8/h4-5,8,11-12H,1-3H2/t4-,5?,8+/m1/s1. The number of hydrogen-bond donors (Lipinski definition) is 2. The highest BCUT2D eigenvalue weighted by atomic mass is 127. The van der Waals surface area contributed by atoms with Gasteiger partial charge in [-0.05, 0) is 22.6 Å². The van der Waals surface area contributed by atoms with E-state index in [9.17, 15) is 15.0 Å². The molecule has 0 fully saturated rings. The maximum absolute atomic E-state index is 11.6. The lowest BCUT2D eigenvalue weighted by Crippen LogP contribution is -2.36. The number of hydrogen-bond acceptors (Lipinski definition) is 4. The van der Waals surface area contributed by atoms with Gasteiger partial charge in [0.15, 0.2) is 9.89 Å². The van der Waals surface area contributed by atoms with E-state index in [0.29, 0.717) is 24.2 Å². The summed E-state index contributed by atoms with van der Waals surface area (Å²) in [6, 6.07) is 0. The van der Waals surface area contributed by atoms with E-state index >= 15 is 0 Å². The van der Waals surface area contributed by atoms with E-state index in [1.165, 1.54) is 0 Å². The third-order valence-corrected chi connectivity index (χ3v) is 3.16. The first-order valence-electron chi connectivity index (χ1n) is 4.51. The van der Waals surface area contributed by atoms with Crippen LogP contribution in [0.5, 0.6) is 0 Å². The summed E-state index contributed by atoms with van der Waals surface area (Å²) in [7, 11) is 0. The van der Waals surface area contributed by atoms with Crippen molar-refractivity contribution < 1.29 is 19.7 Å². The molecule has 0 saturated carbocycles. The first-order valence-corrected chi connectivity index (χ1v) is 5.75. The lowest BCUT2D eigenvalue weighted by molar-refractivity contribution is -0.120. The number of halogens is 1. The van der Waals surface area contributed by atoms with Gasteiger partial charge in [0.05, 0.1) is 24.2 Å². The van der Waals surface area contributed by atoms with Crippen LogP contribution in [-0.4, -0.2) is 32.3 Å². The third-order valence-electron chi connectivity index (χ3n) is 2.47. The molecule has 3 atom stereocenters. The molecule has 0 radical (unpaired) electrons. The predicted octanol–water partition coefficient (Wildman–Crippen LogP) is 0.507. The Bertz CT molecular complexity index is 295. The Morgan fingerprint density at radius 2 is 2.07 bits per heavy atom. The molecule has 4 nitrogen and oxygen atoms in total. The van der Waals surface area contributed by atoms with E-state index in [1.807, 2.05) is 22.6 Å². The highest BCUT2D eigenvalue weighted by molar-refractivity contribution is 14.1. The van der Waals surface area contributed by atoms with Crippen LogP contribution in [0.4, 0.5) is 0 Å². The average Bonchev–Trinajstić information content (AvgIpc) is 1.99. The second kappa shape index (κ2) is 3.79. The van der Waals surface area contributed by atoms with E-state index in [1.54, 1.807) is 0 Å². The van der Waals surface area contributed by atoms with Gasteiger partial charge in [-0.15, -0.1) is 0 Å². The Hall–Kier alpha value is -0.140. The molecule has 0 aromatic heterocycles. The maximum atomic E-state index is 11.6. The highest BCUT2D eigenvalue weighted by Crippen LogP contribution is 2.34. The van der Waals surface area contributed by atoms with Gasteiger partial charge in [-0.1, -0.05) is 0 Å². The normalized spacial score (nSPS) is 37.9. The van der Waals surface area contributed by atoms with Gasteiger partial charge in [-0.3, -0.25) is 4.79 Å². The van der Waals surface area contributed by atoms with Crippen molar-refractivity contribution in [2.24, 2.45) is 0 Å². The van der Waals surface area contributed by atoms with Crippen molar-refractivity contribution in [2.75, 3.05) is 0 Å². The molecule has 0 aromatic rings. The molecule has 0 aromatic carbocycles. The number of carbonyl (C=O) groups is 1. The minimum atomic E-state index is -0.856. The molecule has 2 N–H and O–H groups in total. The maximum Gasteiger partial charge on any atom is 0.169 e. The van der Waals surface area contributed by atoms with Crippen LogP contribution in [0.25, 0.3) is 0 Å². The second-order valence-electron chi connectivity index (χ2n) is 3.60. The number of ether oxygens (including phenoxy) is 1. The smallest absolute Gasteiger partial charge is 0.169 e. The molecule has 5 heteroatoms. The van der Waals surface area contributed by atoms with Crippen LogP contribution < -0.4 is 0 Å². The van der Waals surface area contributed by atoms with E-state index < -0.39 is 12.2 Å². The Kier molecular flexibility index (Phi) is 2.81. The Morgan fingerprint density at radius 3 is 2.79 bits per heavy atom. The monoisotopic (exact) mass is 310 g/mol. The summed E-state index contributed by atoms with van der Waals surface area (Å²) < 4.78 is 5.26. The van der Waals surface area contributed by atoms with E-state index in [-0.39, 0.29) is 16.3 Å². The van der Waals surface area contributed by atoms with Gasteiger partial charge in [0.1, 0.15) is 5.76 Å². The minimum absolute atomic E-state index is 0.0509. The first-order chi connectivity index (χ1) is 6.58. The van der Waals surface area contributed by atoms with Gasteiger partial charge in [0, 0.05) is 12.8 Å². The van der Waals surface area contributed by atoms with Crippen LogP contribution in [0, 0.1) is 0 Å². The molecule has 0 amide bonds. The van der Waals surface area contributed by atoms with Crippen molar-refractivity contribution in [3.8, 4) is 0 Å². The molecule has 1 aliphatic heterocycles. The van der Waals surface area contributed by atoms with Crippen molar-refractivity contribution in [3.05, 3.63) is 11.3 Å². The fourth-order valence-electron chi connectivity index (χ4n) is 1.87. The lowest BCUT2D eigenvalue weighted by Gasteiger charge is -2.32. The number of carbonyl (C=O) groups excluding carboxylic acids is 1. The Morgan fingerprint density at radius 1 is 1.36 bits per heavy atom. The van der Waals surface area contributed by atoms with Crippen molar-refractivity contribution in [3.63, 3.8) is 0 Å². The second-order valence-corrected chi connectivity index (χ2v) is 4.99. The van der Waals surface area contributed by atoms with Crippen molar-refractivity contribution >= 4 is 28.4 Å². The van der Waals surface area contributed by atoms with Crippen LogP contribution in [0.15, 0.2) is 11.3 Å². The molecule has 0 saturated heterocycles. The average molecular weight is 310 g/mol. The molecule has 2 aliphatic rings. The molecule has 0 bridgehead atoms. The van der Waals surface area contributed by atoms with Gasteiger partial charge in [-0.2, -0.15) is 0 Å². The van der Waals surface area contributed by atoms with Crippen molar-refractivity contribution in [1.82, 2.24) is 0 Å². The Labute approximate surface area is 95.1 Å². The van der Waals surface area contributed by atoms with Crippen LogP contribution in [-0.2, 0) is 9.53 Å². The van der Waals surface area contributed by atoms with E-state index in [2.05, 4.69) is 0 Å². The van der Waals surface area contributed by atoms with Gasteiger partial charge in [0.25, 0.3) is 0 Å². The van der Waals surface area contributed by atoms with Gasteiger partial charge >= 0.3 is 0 Å². The first kappa shape index (κ1) is 10.4. The molecule has 1 heterocycles. The van der Waals surface area contributed by atoms with E-state index in [4.69, 9.17) is 4.74 Å². The zero-order chi connectivity index (χ0) is 10.3. The van der Waals surface area contributed by atoms with Gasteiger partial charge in [-0.25, -0.2) is 0 Å².